The Bertz CT molecular complexity index is 2220. The first kappa shape index (κ1) is 39.9. The van der Waals surface area contributed by atoms with Crippen LogP contribution in [-0.2, 0) is 0 Å². The normalized spacial score (nSPS) is 25.2. The maximum Gasteiger partial charge on any atom is 0.319 e. The van der Waals surface area contributed by atoms with E-state index in [1.54, 1.807) is 25.3 Å². The first-order valence-corrected chi connectivity index (χ1v) is 23.2. The minimum atomic E-state index is -2.27. The number of phenols is 1. The summed E-state index contributed by atoms with van der Waals surface area (Å²) in [5.74, 6) is 2.41. The molecule has 4 aromatic rings. The predicted molar refractivity (Wildman–Crippen MR) is 225 cm³/mol. The highest BCUT2D eigenvalue weighted by atomic mass is 28.3. The van der Waals surface area contributed by atoms with Gasteiger partial charge in [-0.1, -0.05) is 53.5 Å². The van der Waals surface area contributed by atoms with Gasteiger partial charge in [0.25, 0.3) is 0 Å². The lowest BCUT2D eigenvalue weighted by molar-refractivity contribution is -0.228. The largest absolute Gasteiger partial charge is 0.508 e. The van der Waals surface area contributed by atoms with Gasteiger partial charge in [-0.05, 0) is 84.7 Å². The number of ether oxygens (including phenoxy) is 1. The van der Waals surface area contributed by atoms with E-state index in [1.807, 2.05) is 4.90 Å². The molecule has 2 saturated heterocycles. The second-order valence-corrected chi connectivity index (χ2v) is 24.6. The smallest absolute Gasteiger partial charge is 0.319 e. The van der Waals surface area contributed by atoms with Crippen LogP contribution in [0.3, 0.4) is 0 Å². The van der Waals surface area contributed by atoms with E-state index < -0.39 is 25.3 Å². The van der Waals surface area contributed by atoms with Crippen molar-refractivity contribution in [3.63, 3.8) is 0 Å². The molecule has 1 atom stereocenters. The van der Waals surface area contributed by atoms with Gasteiger partial charge in [0.05, 0.1) is 23.2 Å². The molecule has 2 aromatic heterocycles. The lowest BCUT2D eigenvalue weighted by Gasteiger charge is -2.71. The van der Waals surface area contributed by atoms with Gasteiger partial charge in [-0.3, -0.25) is 4.98 Å². The van der Waals surface area contributed by atoms with E-state index in [2.05, 4.69) is 68.2 Å². The Hall–Kier alpha value is -3.89. The van der Waals surface area contributed by atoms with Crippen molar-refractivity contribution in [2.75, 3.05) is 57.3 Å². The third-order valence-electron chi connectivity index (χ3n) is 13.7. The number of benzene rings is 2. The van der Waals surface area contributed by atoms with Crippen LogP contribution in [0.2, 0.25) is 16.6 Å². The fraction of sp³-hybridized carbons (Fsp3) is 0.578. The number of aliphatic hydroxyl groups is 1. The fourth-order valence-electron chi connectivity index (χ4n) is 11.4. The number of aromatic nitrogens is 3. The summed E-state index contributed by atoms with van der Waals surface area (Å²) in [6, 6.07) is 6.01. The number of phenolic OH excluding ortho intramolecular Hbond substituents is 1. The van der Waals surface area contributed by atoms with Crippen LogP contribution in [0.25, 0.3) is 32.9 Å². The molecule has 0 radical (unpaired) electrons. The van der Waals surface area contributed by atoms with Crippen LogP contribution in [0.5, 0.6) is 11.8 Å². The average molecular weight is 797 g/mol. The maximum absolute atomic E-state index is 17.4. The molecular weight excluding hydrogens is 739 g/mol. The summed E-state index contributed by atoms with van der Waals surface area (Å²) < 4.78 is 39.8. The third-order valence-corrected chi connectivity index (χ3v) is 20.0. The van der Waals surface area contributed by atoms with Crippen LogP contribution in [0.15, 0.2) is 30.5 Å². The topological polar surface area (TPSA) is 107 Å². The van der Waals surface area contributed by atoms with Gasteiger partial charge in [-0.15, -0.1) is 5.54 Å². The van der Waals surface area contributed by atoms with Crippen LogP contribution in [0, 0.1) is 33.9 Å². The predicted octanol–water partition coefficient (Wildman–Crippen LogP) is 8.20. The standard InChI is InChI=1S/C45H58F2N6O3Si/c1-28(2)57(29(3)4,30(5)6)18-11-33-36(46)10-9-31-19-32(54)20-34(37(31)33)39-38(47)40-35(21-49-39)41(53-15-8-12-43(7,55)25-53)51-42(50-40)56-27-45-22-44(23-45,24-45)26-52-16-13-48-14-17-52/h9-10,19-21,28-30,48,54-55H,8,12-17,22-27H2,1-7H3/t43-,44?,45?/m1/s1. The van der Waals surface area contributed by atoms with Crippen molar-refractivity contribution in [3.05, 3.63) is 47.7 Å². The van der Waals surface area contributed by atoms with E-state index >= 15 is 8.78 Å². The van der Waals surface area contributed by atoms with Crippen molar-refractivity contribution in [2.45, 2.75) is 103 Å². The Labute approximate surface area is 336 Å². The van der Waals surface area contributed by atoms with Crippen LogP contribution in [0.1, 0.15) is 86.1 Å². The van der Waals surface area contributed by atoms with Gasteiger partial charge in [-0.2, -0.15) is 9.97 Å². The molecule has 9 rings (SSSR count). The number of hydrogen-bond donors (Lipinski definition) is 3. The minimum absolute atomic E-state index is 0.0179. The number of hydrogen-bond acceptors (Lipinski definition) is 9. The quantitative estimate of drug-likeness (QED) is 0.108. The fourth-order valence-corrected chi connectivity index (χ4v) is 16.6. The Morgan fingerprint density at radius 2 is 1.67 bits per heavy atom. The van der Waals surface area contributed by atoms with Crippen molar-refractivity contribution in [1.82, 2.24) is 25.2 Å². The molecule has 9 nitrogen and oxygen atoms in total. The number of aromatic hydroxyl groups is 1. The minimum Gasteiger partial charge on any atom is -0.508 e. The number of β-amino-alcohol motifs (C(OH)–C–C–N with tert-alkyl or cyclic N) is 1. The Morgan fingerprint density at radius 3 is 2.33 bits per heavy atom. The summed E-state index contributed by atoms with van der Waals surface area (Å²) in [6.07, 6.45) is 6.23. The highest BCUT2D eigenvalue weighted by Crippen LogP contribution is 2.73. The molecule has 12 heteroatoms. The van der Waals surface area contributed by atoms with E-state index in [4.69, 9.17) is 14.7 Å². The summed E-state index contributed by atoms with van der Waals surface area (Å²) in [7, 11) is -2.27. The molecule has 0 unspecified atom stereocenters. The molecule has 3 saturated carbocycles. The van der Waals surface area contributed by atoms with E-state index in [-0.39, 0.29) is 39.5 Å². The lowest BCUT2D eigenvalue weighted by Crippen LogP contribution is -2.68. The van der Waals surface area contributed by atoms with Gasteiger partial charge in [-0.25, -0.2) is 8.78 Å². The highest BCUT2D eigenvalue weighted by Gasteiger charge is 2.68. The van der Waals surface area contributed by atoms with Crippen LogP contribution >= 0.6 is 0 Å². The number of rotatable bonds is 10. The average Bonchev–Trinajstić information content (AvgIpc) is 3.12. The highest BCUT2D eigenvalue weighted by molar-refractivity contribution is 6.90. The van der Waals surface area contributed by atoms with Crippen molar-refractivity contribution >= 4 is 35.6 Å². The van der Waals surface area contributed by atoms with Gasteiger partial charge >= 0.3 is 6.01 Å². The Morgan fingerprint density at radius 1 is 0.965 bits per heavy atom. The monoisotopic (exact) mass is 796 g/mol. The number of piperidine rings is 1. The molecule has 0 amide bonds. The summed E-state index contributed by atoms with van der Waals surface area (Å²) >= 11 is 0. The Balaban J connectivity index is 1.20. The Kier molecular flexibility index (Phi) is 10.3. The molecule has 4 heterocycles. The molecule has 57 heavy (non-hydrogen) atoms. The molecule has 5 aliphatic rings. The van der Waals surface area contributed by atoms with Gasteiger partial charge in [0.15, 0.2) is 5.82 Å². The summed E-state index contributed by atoms with van der Waals surface area (Å²) in [4.78, 5) is 18.7. The number of halogens is 2. The summed E-state index contributed by atoms with van der Waals surface area (Å²) in [5, 5.41) is 26.8. The summed E-state index contributed by atoms with van der Waals surface area (Å²) in [5.41, 5.74) is 4.44. The molecular formula is C45H58F2N6O3Si. The van der Waals surface area contributed by atoms with E-state index in [0.717, 1.165) is 58.4 Å². The first-order chi connectivity index (χ1) is 27.0. The van der Waals surface area contributed by atoms with Crippen LogP contribution in [-0.4, -0.2) is 96.2 Å². The maximum atomic E-state index is 17.4. The first-order valence-electron chi connectivity index (χ1n) is 20.9. The van der Waals surface area contributed by atoms with Crippen molar-refractivity contribution in [1.29, 1.82) is 0 Å². The molecule has 304 valence electrons. The van der Waals surface area contributed by atoms with E-state index in [0.29, 0.717) is 70.1 Å². The molecule has 5 fully saturated rings. The number of nitrogens with zero attached hydrogens (tertiary/aromatic N) is 5. The molecule has 2 aromatic carbocycles. The molecule has 3 aliphatic carbocycles. The zero-order valence-corrected chi connectivity index (χ0v) is 35.6. The van der Waals surface area contributed by atoms with Gasteiger partial charge in [0.1, 0.15) is 36.7 Å². The summed E-state index contributed by atoms with van der Waals surface area (Å²) in [6.45, 7) is 21.8. The van der Waals surface area contributed by atoms with Crippen molar-refractivity contribution in [3.8, 4) is 34.5 Å². The second-order valence-electron chi connectivity index (χ2n) is 19.0. The molecule has 2 aliphatic heterocycles. The van der Waals surface area contributed by atoms with Crippen LogP contribution < -0.4 is 15.0 Å². The number of piperazine rings is 1. The number of anilines is 1. The van der Waals surface area contributed by atoms with E-state index in [9.17, 15) is 10.2 Å². The van der Waals surface area contributed by atoms with Crippen LogP contribution in [0.4, 0.5) is 14.6 Å². The molecule has 2 bridgehead atoms. The van der Waals surface area contributed by atoms with Gasteiger partial charge in [0, 0.05) is 68.4 Å². The number of nitrogens with one attached hydrogen (secondary N) is 1. The molecule has 3 N–H and O–H groups in total. The number of fused-ring (bicyclic) bond motifs is 2. The lowest BCUT2D eigenvalue weighted by atomic mass is 9.35. The number of pyridine rings is 1. The van der Waals surface area contributed by atoms with Crippen molar-refractivity contribution < 1.29 is 23.7 Å². The second kappa shape index (κ2) is 14.7. The van der Waals surface area contributed by atoms with E-state index in [1.165, 1.54) is 12.1 Å². The SMILES string of the molecule is CC(C)[Si](C#Cc1c(F)ccc2cc(O)cc(-c3ncc4c(N5CCC[C@@](C)(O)C5)nc(OCC56CC(CN7CCNCC7)(C5)C6)nc4c3F)c12)(C(C)C)C(C)C. The third kappa shape index (κ3) is 7.17. The molecule has 0 spiro atoms. The zero-order chi connectivity index (χ0) is 40.5. The van der Waals surface area contributed by atoms with Gasteiger partial charge < -0.3 is 30.1 Å². The van der Waals surface area contributed by atoms with Crippen molar-refractivity contribution in [2.24, 2.45) is 10.8 Å². The zero-order valence-electron chi connectivity index (χ0n) is 34.6. The van der Waals surface area contributed by atoms with Gasteiger partial charge in [0.2, 0.25) is 0 Å².